The van der Waals surface area contributed by atoms with Crippen LogP contribution in [0.1, 0.15) is 28.5 Å². The lowest BCUT2D eigenvalue weighted by atomic mass is 10.0. The Bertz CT molecular complexity index is 798. The van der Waals surface area contributed by atoms with Gasteiger partial charge in [0.1, 0.15) is 11.3 Å². The van der Waals surface area contributed by atoms with Crippen LogP contribution in [-0.2, 0) is 7.05 Å². The summed E-state index contributed by atoms with van der Waals surface area (Å²) in [4.78, 5) is 11.2. The zero-order valence-corrected chi connectivity index (χ0v) is 12.9. The molecule has 0 aliphatic rings. The molecular weight excluding hydrogens is 280 g/mol. The monoisotopic (exact) mass is 300 g/mol. The van der Waals surface area contributed by atoms with E-state index in [1.807, 2.05) is 43.7 Å². The first-order valence-electron chi connectivity index (χ1n) is 7.00. The van der Waals surface area contributed by atoms with Gasteiger partial charge in [-0.1, -0.05) is 18.2 Å². The minimum atomic E-state index is -1.14. The van der Waals surface area contributed by atoms with Crippen molar-refractivity contribution in [3.8, 4) is 5.75 Å². The number of nitrogens with two attached hydrogens (primary N) is 1. The molecule has 0 aliphatic carbocycles. The molecule has 0 aliphatic heterocycles. The molecule has 2 rings (SSSR count). The molecule has 4 N–H and O–H groups in total. The highest BCUT2D eigenvalue weighted by Gasteiger charge is 2.18. The number of carboxylic acid groups (broad SMARTS) is 1. The van der Waals surface area contributed by atoms with Crippen LogP contribution >= 0.6 is 0 Å². The van der Waals surface area contributed by atoms with Gasteiger partial charge < -0.3 is 20.5 Å². The van der Waals surface area contributed by atoms with Crippen molar-refractivity contribution in [2.24, 2.45) is 12.8 Å². The Morgan fingerprint density at radius 2 is 2.09 bits per heavy atom. The van der Waals surface area contributed by atoms with E-state index < -0.39 is 5.97 Å². The minimum absolute atomic E-state index is 0.0943. The Labute approximate surface area is 129 Å². The van der Waals surface area contributed by atoms with Crippen LogP contribution < -0.4 is 5.73 Å². The molecule has 0 atom stereocenters. The first-order valence-corrected chi connectivity index (χ1v) is 7.00. The van der Waals surface area contributed by atoms with Gasteiger partial charge >= 0.3 is 5.97 Å². The topological polar surface area (TPSA) is 88.5 Å². The van der Waals surface area contributed by atoms with Crippen molar-refractivity contribution in [1.29, 1.82) is 0 Å². The molecule has 0 saturated carbocycles. The number of carboxylic acids is 1. The van der Waals surface area contributed by atoms with Crippen molar-refractivity contribution in [2.45, 2.75) is 13.8 Å². The summed E-state index contributed by atoms with van der Waals surface area (Å²) < 4.78 is 1.94. The largest absolute Gasteiger partial charge is 0.507 e. The molecule has 22 heavy (non-hydrogen) atoms. The third kappa shape index (κ3) is 2.51. The van der Waals surface area contributed by atoms with Gasteiger partial charge in [-0.25, -0.2) is 4.79 Å². The number of allylic oxidation sites excluding steroid dienone is 3. The average Bonchev–Trinajstić information content (AvgIpc) is 2.69. The molecule has 116 valence electrons. The summed E-state index contributed by atoms with van der Waals surface area (Å²) in [6, 6.07) is 3.01. The van der Waals surface area contributed by atoms with Gasteiger partial charge in [0, 0.05) is 25.0 Å². The van der Waals surface area contributed by atoms with Gasteiger partial charge in [-0.05, 0) is 31.1 Å². The van der Waals surface area contributed by atoms with Gasteiger partial charge in [-0.3, -0.25) is 0 Å². The molecule has 0 bridgehead atoms. The van der Waals surface area contributed by atoms with E-state index in [1.54, 1.807) is 0 Å². The number of fused-ring (bicyclic) bond motifs is 1. The van der Waals surface area contributed by atoms with Gasteiger partial charge in [0.15, 0.2) is 0 Å². The molecule has 5 heteroatoms. The lowest BCUT2D eigenvalue weighted by Crippen LogP contribution is -2.00. The fraction of sp³-hybridized carbons (Fsp3) is 0.235. The minimum Gasteiger partial charge on any atom is -0.507 e. The fourth-order valence-corrected chi connectivity index (χ4v) is 2.79. The summed E-state index contributed by atoms with van der Waals surface area (Å²) in [5, 5.41) is 19.9. The molecule has 1 aromatic heterocycles. The molecule has 0 saturated heterocycles. The number of rotatable bonds is 4. The average molecular weight is 300 g/mol. The summed E-state index contributed by atoms with van der Waals surface area (Å²) in [7, 11) is 1.89. The molecule has 0 spiro atoms. The number of benzene rings is 1. The number of aromatic hydroxyl groups is 1. The maximum Gasteiger partial charge on any atom is 0.339 e. The number of nitrogens with zero attached hydrogens (tertiary/aromatic N) is 1. The van der Waals surface area contributed by atoms with E-state index in [0.717, 1.165) is 27.7 Å². The van der Waals surface area contributed by atoms with Gasteiger partial charge in [0.05, 0.1) is 11.2 Å². The molecule has 0 radical (unpaired) electrons. The lowest BCUT2D eigenvalue weighted by molar-refractivity contribution is 0.0694. The van der Waals surface area contributed by atoms with E-state index in [2.05, 4.69) is 0 Å². The fourth-order valence-electron chi connectivity index (χ4n) is 2.79. The quantitative estimate of drug-likeness (QED) is 0.758. The first-order chi connectivity index (χ1) is 10.4. The second-order valence-electron chi connectivity index (χ2n) is 5.12. The van der Waals surface area contributed by atoms with E-state index in [-0.39, 0.29) is 11.3 Å². The summed E-state index contributed by atoms with van der Waals surface area (Å²) in [6.45, 7) is 4.27. The number of phenols is 1. The predicted molar refractivity (Wildman–Crippen MR) is 88.1 cm³/mol. The Balaban J connectivity index is 2.83. The molecule has 0 fully saturated rings. The first kappa shape index (κ1) is 15.9. The molecule has 0 unspecified atom stereocenters. The van der Waals surface area contributed by atoms with Crippen LogP contribution in [0, 0.1) is 6.92 Å². The third-order valence-electron chi connectivity index (χ3n) is 3.76. The summed E-state index contributed by atoms with van der Waals surface area (Å²) >= 11 is 0. The highest BCUT2D eigenvalue weighted by molar-refractivity contribution is 6.00. The highest BCUT2D eigenvalue weighted by Crippen LogP contribution is 2.34. The van der Waals surface area contributed by atoms with Crippen LogP contribution in [0.4, 0.5) is 0 Å². The highest BCUT2D eigenvalue weighted by atomic mass is 16.4. The van der Waals surface area contributed by atoms with Crippen LogP contribution in [0.2, 0.25) is 0 Å². The standard InChI is InChI=1S/C17H20N2O3/c1-4-5-11(6-7-18)16-10(2)12-8-13(17(21)22)15(20)9-14(12)19(16)3/h4-6,8-9,20H,7,18H2,1-3H3,(H,21,22)/b5-4-,11-6+. The summed E-state index contributed by atoms with van der Waals surface area (Å²) in [5.74, 6) is -1.38. The number of aromatic nitrogens is 1. The van der Waals surface area contributed by atoms with Crippen molar-refractivity contribution in [2.75, 3.05) is 6.54 Å². The number of hydrogen-bond donors (Lipinski definition) is 3. The van der Waals surface area contributed by atoms with Gasteiger partial charge in [0.25, 0.3) is 0 Å². The van der Waals surface area contributed by atoms with Gasteiger partial charge in [-0.2, -0.15) is 0 Å². The van der Waals surface area contributed by atoms with Crippen molar-refractivity contribution in [3.05, 3.63) is 47.2 Å². The molecular formula is C17H20N2O3. The molecule has 0 amide bonds. The Hall–Kier alpha value is -2.53. The normalized spacial score (nSPS) is 12.5. The third-order valence-corrected chi connectivity index (χ3v) is 3.76. The van der Waals surface area contributed by atoms with Crippen molar-refractivity contribution in [3.63, 3.8) is 0 Å². The van der Waals surface area contributed by atoms with Crippen molar-refractivity contribution >= 4 is 22.4 Å². The number of carbonyl (C=O) groups is 1. The number of aryl methyl sites for hydroxylation is 2. The Morgan fingerprint density at radius 3 is 2.64 bits per heavy atom. The van der Waals surface area contributed by atoms with Crippen LogP contribution in [-0.4, -0.2) is 27.3 Å². The zero-order valence-electron chi connectivity index (χ0n) is 12.9. The maximum atomic E-state index is 11.2. The number of aromatic carboxylic acids is 1. The van der Waals surface area contributed by atoms with E-state index in [0.29, 0.717) is 6.54 Å². The predicted octanol–water partition coefficient (Wildman–Crippen LogP) is 2.81. The van der Waals surface area contributed by atoms with Crippen molar-refractivity contribution < 1.29 is 15.0 Å². The van der Waals surface area contributed by atoms with Gasteiger partial charge in [-0.15, -0.1) is 0 Å². The number of hydrogen-bond acceptors (Lipinski definition) is 3. The Morgan fingerprint density at radius 1 is 1.41 bits per heavy atom. The van der Waals surface area contributed by atoms with Crippen molar-refractivity contribution in [1.82, 2.24) is 4.57 Å². The second kappa shape index (κ2) is 6.07. The van der Waals surface area contributed by atoms with Crippen LogP contribution in [0.25, 0.3) is 16.5 Å². The van der Waals surface area contributed by atoms with E-state index in [1.165, 1.54) is 12.1 Å². The molecule has 1 aromatic carbocycles. The van der Waals surface area contributed by atoms with E-state index in [9.17, 15) is 9.90 Å². The smallest absolute Gasteiger partial charge is 0.339 e. The molecule has 5 nitrogen and oxygen atoms in total. The summed E-state index contributed by atoms with van der Waals surface area (Å²) in [5.41, 5.74) is 9.21. The molecule has 2 aromatic rings. The zero-order chi connectivity index (χ0) is 16.4. The van der Waals surface area contributed by atoms with Gasteiger partial charge in [0.2, 0.25) is 0 Å². The lowest BCUT2D eigenvalue weighted by Gasteiger charge is -2.07. The Kier molecular flexibility index (Phi) is 4.37. The second-order valence-corrected chi connectivity index (χ2v) is 5.12. The SMILES string of the molecule is C/C=C\C(=C/CN)c1c(C)c2cc(C(=O)O)c(O)cc2n1C. The maximum absolute atomic E-state index is 11.2. The van der Waals surface area contributed by atoms with Crippen LogP contribution in [0.15, 0.2) is 30.4 Å². The summed E-state index contributed by atoms with van der Waals surface area (Å²) in [6.07, 6.45) is 5.81. The van der Waals surface area contributed by atoms with E-state index >= 15 is 0 Å². The van der Waals surface area contributed by atoms with Crippen LogP contribution in [0.3, 0.4) is 0 Å². The molecule has 1 heterocycles. The van der Waals surface area contributed by atoms with Crippen LogP contribution in [0.5, 0.6) is 5.75 Å². The van der Waals surface area contributed by atoms with E-state index in [4.69, 9.17) is 10.8 Å².